The number of amides is 1. The van der Waals surface area contributed by atoms with E-state index < -0.39 is 0 Å². The quantitative estimate of drug-likeness (QED) is 0.732. The van der Waals surface area contributed by atoms with Crippen molar-refractivity contribution < 1.29 is 9.59 Å². The molecule has 1 saturated heterocycles. The predicted molar refractivity (Wildman–Crippen MR) is 104 cm³/mol. The van der Waals surface area contributed by atoms with Crippen LogP contribution in [0.3, 0.4) is 0 Å². The van der Waals surface area contributed by atoms with Crippen molar-refractivity contribution in [3.63, 3.8) is 0 Å². The number of rotatable bonds is 6. The fourth-order valence-electron chi connectivity index (χ4n) is 3.14. The molecule has 1 fully saturated rings. The molecule has 26 heavy (non-hydrogen) atoms. The Kier molecular flexibility index (Phi) is 6.42. The summed E-state index contributed by atoms with van der Waals surface area (Å²) in [5.41, 5.74) is 1.75. The maximum absolute atomic E-state index is 12.4. The Bertz CT molecular complexity index is 738. The van der Waals surface area contributed by atoms with Crippen LogP contribution in [0.15, 0.2) is 54.6 Å². The first-order valence-corrected chi connectivity index (χ1v) is 9.32. The van der Waals surface area contributed by atoms with Gasteiger partial charge in [0.1, 0.15) is 0 Å². The molecule has 0 radical (unpaired) electrons. The second-order valence-corrected chi connectivity index (χ2v) is 7.00. The maximum Gasteiger partial charge on any atom is 0.227 e. The zero-order valence-corrected chi connectivity index (χ0v) is 15.5. The average molecular weight is 371 g/mol. The third-order valence-electron chi connectivity index (χ3n) is 4.74. The van der Waals surface area contributed by atoms with Gasteiger partial charge in [-0.2, -0.15) is 0 Å². The lowest BCUT2D eigenvalue weighted by Crippen LogP contribution is -2.49. The number of halogens is 1. The van der Waals surface area contributed by atoms with E-state index >= 15 is 0 Å². The number of hydrogen-bond donors (Lipinski definition) is 0. The van der Waals surface area contributed by atoms with Gasteiger partial charge in [-0.15, -0.1) is 0 Å². The maximum atomic E-state index is 12.4. The summed E-state index contributed by atoms with van der Waals surface area (Å²) in [6.07, 6.45) is 0.923. The van der Waals surface area contributed by atoms with Crippen molar-refractivity contribution in [2.45, 2.75) is 12.8 Å². The molecule has 0 atom stereocenters. The first kappa shape index (κ1) is 18.6. The van der Waals surface area contributed by atoms with Crippen molar-refractivity contribution in [1.29, 1.82) is 0 Å². The van der Waals surface area contributed by atoms with Crippen LogP contribution in [0.25, 0.3) is 0 Å². The summed E-state index contributed by atoms with van der Waals surface area (Å²) in [7, 11) is 0. The highest BCUT2D eigenvalue weighted by atomic mass is 35.5. The van der Waals surface area contributed by atoms with E-state index in [9.17, 15) is 9.59 Å². The van der Waals surface area contributed by atoms with Crippen molar-refractivity contribution in [2.75, 3.05) is 32.7 Å². The number of nitrogens with zero attached hydrogens (tertiary/aromatic N) is 2. The lowest BCUT2D eigenvalue weighted by atomic mass is 10.1. The van der Waals surface area contributed by atoms with Crippen LogP contribution in [0, 0.1) is 0 Å². The molecule has 0 aromatic heterocycles. The molecule has 0 N–H and O–H groups in total. The van der Waals surface area contributed by atoms with E-state index in [0.29, 0.717) is 31.0 Å². The molecular formula is C21H23ClN2O2. The molecule has 0 bridgehead atoms. The zero-order valence-electron chi connectivity index (χ0n) is 14.7. The number of benzene rings is 2. The van der Waals surface area contributed by atoms with Gasteiger partial charge in [-0.1, -0.05) is 54.1 Å². The fourth-order valence-corrected chi connectivity index (χ4v) is 3.26. The Labute approximate surface area is 159 Å². The zero-order chi connectivity index (χ0) is 18.4. The molecule has 1 aliphatic rings. The summed E-state index contributed by atoms with van der Waals surface area (Å²) in [4.78, 5) is 28.8. The molecular weight excluding hydrogens is 348 g/mol. The van der Waals surface area contributed by atoms with E-state index in [4.69, 9.17) is 11.6 Å². The van der Waals surface area contributed by atoms with Crippen LogP contribution in [-0.4, -0.2) is 54.2 Å². The number of Topliss-reactive ketones (excluding diaryl/α,β-unsaturated/α-hetero) is 1. The fraction of sp³-hybridized carbons (Fsp3) is 0.333. The molecule has 4 nitrogen and oxygen atoms in total. The topological polar surface area (TPSA) is 40.6 Å². The smallest absolute Gasteiger partial charge is 0.227 e. The lowest BCUT2D eigenvalue weighted by molar-refractivity contribution is -0.132. The molecule has 5 heteroatoms. The molecule has 136 valence electrons. The predicted octanol–water partition coefficient (Wildman–Crippen LogP) is 3.30. The first-order chi connectivity index (χ1) is 12.6. The van der Waals surface area contributed by atoms with Crippen LogP contribution >= 0.6 is 11.6 Å². The summed E-state index contributed by atoms with van der Waals surface area (Å²) >= 11 is 5.88. The minimum absolute atomic E-state index is 0.146. The van der Waals surface area contributed by atoms with Crippen LogP contribution in [-0.2, 0) is 11.2 Å². The summed E-state index contributed by atoms with van der Waals surface area (Å²) in [5.74, 6) is 0.319. The van der Waals surface area contributed by atoms with Crippen molar-refractivity contribution in [1.82, 2.24) is 9.80 Å². The summed E-state index contributed by atoms with van der Waals surface area (Å²) in [5, 5.41) is 0.680. The SMILES string of the molecule is O=C(CCN1CCN(C(=O)Cc2ccc(Cl)cc2)CC1)c1ccccc1. The van der Waals surface area contributed by atoms with Gasteiger partial charge < -0.3 is 4.90 Å². The van der Waals surface area contributed by atoms with Crippen LogP contribution in [0.2, 0.25) is 5.02 Å². The molecule has 0 spiro atoms. The summed E-state index contributed by atoms with van der Waals surface area (Å²) in [6, 6.07) is 16.8. The van der Waals surface area contributed by atoms with Crippen LogP contribution in [0.1, 0.15) is 22.3 Å². The van der Waals surface area contributed by atoms with Crippen molar-refractivity contribution in [3.8, 4) is 0 Å². The van der Waals surface area contributed by atoms with E-state index in [-0.39, 0.29) is 11.7 Å². The van der Waals surface area contributed by atoms with Gasteiger partial charge in [-0.05, 0) is 17.7 Å². The van der Waals surface area contributed by atoms with Crippen LogP contribution in [0.5, 0.6) is 0 Å². The Morgan fingerprint density at radius 3 is 2.19 bits per heavy atom. The van der Waals surface area contributed by atoms with Gasteiger partial charge in [0, 0.05) is 49.7 Å². The molecule has 0 aliphatic carbocycles. The van der Waals surface area contributed by atoms with Gasteiger partial charge in [0.15, 0.2) is 5.78 Å². The molecule has 2 aromatic rings. The van der Waals surface area contributed by atoms with E-state index in [1.165, 1.54) is 0 Å². The van der Waals surface area contributed by atoms with Gasteiger partial charge >= 0.3 is 0 Å². The number of hydrogen-bond acceptors (Lipinski definition) is 3. The number of piperazine rings is 1. The van der Waals surface area contributed by atoms with Crippen molar-refractivity contribution in [3.05, 3.63) is 70.7 Å². The van der Waals surface area contributed by atoms with Crippen LogP contribution < -0.4 is 0 Å². The van der Waals surface area contributed by atoms with Gasteiger partial charge in [0.25, 0.3) is 0 Å². The second kappa shape index (κ2) is 8.97. The molecule has 1 heterocycles. The molecule has 2 aromatic carbocycles. The molecule has 3 rings (SSSR count). The summed E-state index contributed by atoms with van der Waals surface area (Å²) in [6.45, 7) is 3.80. The van der Waals surface area contributed by atoms with E-state index in [2.05, 4.69) is 4.90 Å². The van der Waals surface area contributed by atoms with Crippen molar-refractivity contribution >= 4 is 23.3 Å². The van der Waals surface area contributed by atoms with E-state index in [1.807, 2.05) is 59.5 Å². The molecule has 1 aliphatic heterocycles. The second-order valence-electron chi connectivity index (χ2n) is 6.56. The Morgan fingerprint density at radius 2 is 1.54 bits per heavy atom. The minimum atomic E-state index is 0.146. The largest absolute Gasteiger partial charge is 0.340 e. The Hall–Kier alpha value is -2.17. The molecule has 0 unspecified atom stereocenters. The standard InChI is InChI=1S/C21H23ClN2O2/c22-19-8-6-17(7-9-19)16-21(26)24-14-12-23(13-15-24)11-10-20(25)18-4-2-1-3-5-18/h1-9H,10-16H2. The Morgan fingerprint density at radius 1 is 0.885 bits per heavy atom. The lowest BCUT2D eigenvalue weighted by Gasteiger charge is -2.34. The highest BCUT2D eigenvalue weighted by molar-refractivity contribution is 6.30. The normalized spacial score (nSPS) is 15.0. The number of carbonyl (C=O) groups is 2. The molecule has 0 saturated carbocycles. The van der Waals surface area contributed by atoms with Gasteiger partial charge in [0.05, 0.1) is 6.42 Å². The van der Waals surface area contributed by atoms with Gasteiger partial charge in [0.2, 0.25) is 5.91 Å². The van der Waals surface area contributed by atoms with Crippen LogP contribution in [0.4, 0.5) is 0 Å². The third kappa shape index (κ3) is 5.16. The third-order valence-corrected chi connectivity index (χ3v) is 5.00. The monoisotopic (exact) mass is 370 g/mol. The first-order valence-electron chi connectivity index (χ1n) is 8.94. The molecule has 1 amide bonds. The van der Waals surface area contributed by atoms with Gasteiger partial charge in [-0.25, -0.2) is 0 Å². The Balaban J connectivity index is 1.41. The van der Waals surface area contributed by atoms with E-state index in [0.717, 1.165) is 30.8 Å². The highest BCUT2D eigenvalue weighted by Crippen LogP contribution is 2.12. The van der Waals surface area contributed by atoms with Crippen molar-refractivity contribution in [2.24, 2.45) is 0 Å². The van der Waals surface area contributed by atoms with E-state index in [1.54, 1.807) is 0 Å². The minimum Gasteiger partial charge on any atom is -0.340 e. The average Bonchev–Trinajstić information content (AvgIpc) is 2.69. The summed E-state index contributed by atoms with van der Waals surface area (Å²) < 4.78 is 0. The van der Waals surface area contributed by atoms with Gasteiger partial charge in [-0.3, -0.25) is 14.5 Å². The number of ketones is 1. The highest BCUT2D eigenvalue weighted by Gasteiger charge is 2.21. The number of carbonyl (C=O) groups excluding carboxylic acids is 2.